The van der Waals surface area contributed by atoms with Gasteiger partial charge in [0, 0.05) is 0 Å². The third kappa shape index (κ3) is 3.76. The summed E-state index contributed by atoms with van der Waals surface area (Å²) in [6, 6.07) is 4.32. The Morgan fingerprint density at radius 1 is 1.11 bits per heavy atom. The third-order valence-electron chi connectivity index (χ3n) is 4.00. The van der Waals surface area contributed by atoms with Gasteiger partial charge in [0.25, 0.3) is 0 Å². The van der Waals surface area contributed by atoms with Crippen molar-refractivity contribution in [2.24, 2.45) is 5.92 Å². The van der Waals surface area contributed by atoms with Crippen LogP contribution in [0.3, 0.4) is 0 Å². The first-order chi connectivity index (χ1) is 9.20. The molecular formula is C17H20F2. The van der Waals surface area contributed by atoms with Gasteiger partial charge in [0.15, 0.2) is 11.6 Å². The maximum absolute atomic E-state index is 13.2. The van der Waals surface area contributed by atoms with E-state index in [-0.39, 0.29) is 0 Å². The fourth-order valence-electron chi connectivity index (χ4n) is 2.87. The van der Waals surface area contributed by atoms with Crippen LogP contribution < -0.4 is 0 Å². The normalized spacial score (nSPS) is 23.7. The molecule has 0 spiro atoms. The highest BCUT2D eigenvalue weighted by molar-refractivity contribution is 5.22. The molecule has 0 N–H and O–H groups in total. The predicted octanol–water partition coefficient (Wildman–Crippen LogP) is 5.37. The second-order valence-electron chi connectivity index (χ2n) is 5.29. The van der Waals surface area contributed by atoms with Gasteiger partial charge in [-0.15, -0.1) is 0 Å². The fourth-order valence-corrected chi connectivity index (χ4v) is 2.87. The summed E-state index contributed by atoms with van der Waals surface area (Å²) in [5.41, 5.74) is 0.944. The molecule has 1 aromatic rings. The van der Waals surface area contributed by atoms with Gasteiger partial charge in [0.05, 0.1) is 0 Å². The van der Waals surface area contributed by atoms with Crippen molar-refractivity contribution in [3.63, 3.8) is 0 Å². The van der Waals surface area contributed by atoms with Crippen molar-refractivity contribution >= 4 is 0 Å². The molecule has 0 nitrogen and oxygen atoms in total. The summed E-state index contributed by atoms with van der Waals surface area (Å²) >= 11 is 0. The summed E-state index contributed by atoms with van der Waals surface area (Å²) in [6.45, 7) is 3.66. The number of benzene rings is 1. The first kappa shape index (κ1) is 14.0. The third-order valence-corrected chi connectivity index (χ3v) is 4.00. The van der Waals surface area contributed by atoms with Crippen molar-refractivity contribution in [1.82, 2.24) is 0 Å². The highest BCUT2D eigenvalue weighted by Crippen LogP contribution is 2.37. The molecule has 1 aliphatic rings. The number of allylic oxidation sites excluding steroid dienone is 3. The van der Waals surface area contributed by atoms with Crippen LogP contribution in [-0.2, 0) is 0 Å². The fraction of sp³-hybridized carbons (Fsp3) is 0.412. The molecule has 0 aromatic heterocycles. The molecule has 0 radical (unpaired) electrons. The van der Waals surface area contributed by atoms with Crippen molar-refractivity contribution in [3.8, 4) is 0 Å². The average molecular weight is 262 g/mol. The zero-order valence-electron chi connectivity index (χ0n) is 11.1. The monoisotopic (exact) mass is 262 g/mol. The van der Waals surface area contributed by atoms with Crippen molar-refractivity contribution in [3.05, 3.63) is 60.2 Å². The van der Waals surface area contributed by atoms with Gasteiger partial charge in [-0.2, -0.15) is 0 Å². The topological polar surface area (TPSA) is 0 Å². The van der Waals surface area contributed by atoms with Crippen LogP contribution >= 0.6 is 0 Å². The van der Waals surface area contributed by atoms with E-state index >= 15 is 0 Å². The molecule has 0 amide bonds. The molecule has 1 aliphatic carbocycles. The van der Waals surface area contributed by atoms with Gasteiger partial charge in [0.2, 0.25) is 0 Å². The van der Waals surface area contributed by atoms with Gasteiger partial charge in [-0.25, -0.2) is 8.78 Å². The Morgan fingerprint density at radius 2 is 1.84 bits per heavy atom. The van der Waals surface area contributed by atoms with E-state index < -0.39 is 11.6 Å². The second-order valence-corrected chi connectivity index (χ2v) is 5.29. The Balaban J connectivity index is 1.90. The van der Waals surface area contributed by atoms with Crippen LogP contribution in [0, 0.1) is 17.6 Å². The van der Waals surface area contributed by atoms with E-state index in [4.69, 9.17) is 0 Å². The van der Waals surface area contributed by atoms with E-state index in [1.807, 2.05) is 6.08 Å². The van der Waals surface area contributed by atoms with E-state index in [0.717, 1.165) is 43.6 Å². The summed E-state index contributed by atoms with van der Waals surface area (Å²) in [6.07, 6.45) is 11.5. The lowest BCUT2D eigenvalue weighted by Crippen LogP contribution is -2.13. The van der Waals surface area contributed by atoms with E-state index in [9.17, 15) is 8.78 Å². The minimum absolute atomic E-state index is 0.384. The molecule has 0 bridgehead atoms. The van der Waals surface area contributed by atoms with Crippen LogP contribution in [0.2, 0.25) is 0 Å². The molecule has 2 rings (SSSR count). The Kier molecular flexibility index (Phi) is 4.89. The summed E-state index contributed by atoms with van der Waals surface area (Å²) in [5, 5.41) is 0. The van der Waals surface area contributed by atoms with E-state index in [0.29, 0.717) is 5.92 Å². The minimum atomic E-state index is -0.757. The summed E-state index contributed by atoms with van der Waals surface area (Å²) in [5.74, 6) is -0.381. The van der Waals surface area contributed by atoms with Gasteiger partial charge in [-0.05, 0) is 61.6 Å². The quantitative estimate of drug-likeness (QED) is 0.640. The lowest BCUT2D eigenvalue weighted by Gasteiger charge is -2.28. The van der Waals surface area contributed by atoms with Crippen molar-refractivity contribution in [1.29, 1.82) is 0 Å². The van der Waals surface area contributed by atoms with Crippen LogP contribution in [-0.4, -0.2) is 0 Å². The molecule has 1 aromatic carbocycles. The number of rotatable bonds is 4. The zero-order chi connectivity index (χ0) is 13.7. The van der Waals surface area contributed by atoms with E-state index in [1.54, 1.807) is 12.1 Å². The smallest absolute Gasteiger partial charge is 0.159 e. The largest absolute Gasteiger partial charge is 0.204 e. The van der Waals surface area contributed by atoms with E-state index in [1.165, 1.54) is 12.1 Å². The molecule has 0 aliphatic heterocycles. The molecule has 0 saturated heterocycles. The van der Waals surface area contributed by atoms with Crippen LogP contribution in [0.15, 0.2) is 43.0 Å². The van der Waals surface area contributed by atoms with Gasteiger partial charge < -0.3 is 0 Å². The molecule has 1 saturated carbocycles. The summed E-state index contributed by atoms with van der Waals surface area (Å²) in [7, 11) is 0. The molecule has 0 unspecified atom stereocenters. The standard InChI is InChI=1S/C17H20F2/c1-2-3-4-5-13-6-8-14(9-7-13)15-10-11-16(18)17(19)12-15/h2-4,10-14H,1,5-9H2. The second kappa shape index (κ2) is 6.65. The molecule has 1 fully saturated rings. The Morgan fingerprint density at radius 3 is 2.47 bits per heavy atom. The van der Waals surface area contributed by atoms with Crippen molar-refractivity contribution in [2.45, 2.75) is 38.0 Å². The summed E-state index contributed by atoms with van der Waals surface area (Å²) < 4.78 is 26.1. The van der Waals surface area contributed by atoms with Crippen LogP contribution in [0.1, 0.15) is 43.6 Å². The highest BCUT2D eigenvalue weighted by Gasteiger charge is 2.22. The van der Waals surface area contributed by atoms with Gasteiger partial charge >= 0.3 is 0 Å². The number of halogens is 2. The number of hydrogen-bond donors (Lipinski definition) is 0. The van der Waals surface area contributed by atoms with Crippen LogP contribution in [0.4, 0.5) is 8.78 Å². The molecule has 0 heterocycles. The Labute approximate surface area is 113 Å². The van der Waals surface area contributed by atoms with Gasteiger partial charge in [0.1, 0.15) is 0 Å². The number of hydrogen-bond acceptors (Lipinski definition) is 0. The Hall–Kier alpha value is -1.44. The maximum Gasteiger partial charge on any atom is 0.159 e. The zero-order valence-corrected chi connectivity index (χ0v) is 11.1. The van der Waals surface area contributed by atoms with Gasteiger partial charge in [-0.1, -0.05) is 30.9 Å². The lowest BCUT2D eigenvalue weighted by molar-refractivity contribution is 0.327. The molecule has 2 heteroatoms. The first-order valence-corrected chi connectivity index (χ1v) is 6.93. The first-order valence-electron chi connectivity index (χ1n) is 6.93. The summed E-state index contributed by atoms with van der Waals surface area (Å²) in [4.78, 5) is 0. The van der Waals surface area contributed by atoms with E-state index in [2.05, 4.69) is 12.7 Å². The van der Waals surface area contributed by atoms with Crippen LogP contribution in [0.5, 0.6) is 0 Å². The minimum Gasteiger partial charge on any atom is -0.204 e. The SMILES string of the molecule is C=CC=CCC1CCC(c2ccc(F)c(F)c2)CC1. The maximum atomic E-state index is 13.2. The molecule has 0 atom stereocenters. The van der Waals surface area contributed by atoms with Gasteiger partial charge in [-0.3, -0.25) is 0 Å². The van der Waals surface area contributed by atoms with Crippen molar-refractivity contribution < 1.29 is 8.78 Å². The van der Waals surface area contributed by atoms with Crippen LogP contribution in [0.25, 0.3) is 0 Å². The lowest BCUT2D eigenvalue weighted by atomic mass is 9.77. The Bertz CT molecular complexity index is 454. The molecular weight excluding hydrogens is 242 g/mol. The average Bonchev–Trinajstić information content (AvgIpc) is 2.43. The molecule has 102 valence electrons. The molecule has 19 heavy (non-hydrogen) atoms. The van der Waals surface area contributed by atoms with Crippen molar-refractivity contribution in [2.75, 3.05) is 0 Å². The highest BCUT2D eigenvalue weighted by atomic mass is 19.2. The predicted molar refractivity (Wildman–Crippen MR) is 75.0 cm³/mol.